The van der Waals surface area contributed by atoms with E-state index in [2.05, 4.69) is 26.1 Å². The van der Waals surface area contributed by atoms with Gasteiger partial charge in [0.1, 0.15) is 6.54 Å². The fourth-order valence-corrected chi connectivity index (χ4v) is 6.10. The summed E-state index contributed by atoms with van der Waals surface area (Å²) < 4.78 is 0. The number of carbonyl (C=O) groups excluding carboxylic acids is 3. The summed E-state index contributed by atoms with van der Waals surface area (Å²) in [6, 6.07) is 0.176. The van der Waals surface area contributed by atoms with E-state index in [1.54, 1.807) is 11.8 Å². The maximum absolute atomic E-state index is 12.7. The van der Waals surface area contributed by atoms with Gasteiger partial charge in [-0.25, -0.2) is 0 Å². The third-order valence-electron chi connectivity index (χ3n) is 7.00. The summed E-state index contributed by atoms with van der Waals surface area (Å²) in [5.41, 5.74) is -0.164. The van der Waals surface area contributed by atoms with E-state index in [0.717, 1.165) is 37.9 Å². The minimum Gasteiger partial charge on any atom is -0.352 e. The molecule has 0 unspecified atom stereocenters. The Hall–Kier alpha value is -1.04. The lowest BCUT2D eigenvalue weighted by Gasteiger charge is -2.39. The highest BCUT2D eigenvalue weighted by molar-refractivity contribution is 7.99. The molecule has 0 aromatic rings. The number of hydrogen-bond acceptors (Lipinski definition) is 4. The molecule has 0 aromatic heterocycles. The molecule has 1 aliphatic carbocycles. The zero-order valence-electron chi connectivity index (χ0n) is 16.3. The molecular formula is C20H32N2O3S. The smallest absolute Gasteiger partial charge is 0.240 e. The number of nitrogens with one attached hydrogen (secondary N) is 1. The van der Waals surface area contributed by atoms with Crippen LogP contribution in [0.25, 0.3) is 0 Å². The van der Waals surface area contributed by atoms with Crippen molar-refractivity contribution < 1.29 is 14.4 Å². The number of rotatable bonds is 5. The molecule has 1 spiro atoms. The predicted molar refractivity (Wildman–Crippen MR) is 104 cm³/mol. The van der Waals surface area contributed by atoms with Crippen LogP contribution in [0.5, 0.6) is 0 Å². The average Bonchev–Trinajstić information content (AvgIpc) is 3.16. The SMILES string of the molecule is CCC(C)(C)C1CCC(NC(=O)CN2C(=O)C[C@]3(CCSC3)C2=O)CC1. The van der Waals surface area contributed by atoms with Crippen LogP contribution in [0.3, 0.4) is 0 Å². The highest BCUT2D eigenvalue weighted by Crippen LogP contribution is 2.45. The van der Waals surface area contributed by atoms with Crippen LogP contribution in [0.2, 0.25) is 0 Å². The normalized spacial score (nSPS) is 32.5. The highest BCUT2D eigenvalue weighted by Gasteiger charge is 2.53. The Balaban J connectivity index is 1.49. The molecule has 6 heteroatoms. The lowest BCUT2D eigenvalue weighted by molar-refractivity contribution is -0.144. The van der Waals surface area contributed by atoms with Crippen molar-refractivity contribution in [1.82, 2.24) is 10.2 Å². The largest absolute Gasteiger partial charge is 0.352 e. The molecule has 2 heterocycles. The molecule has 0 aromatic carbocycles. The Bertz CT molecular complexity index is 576. The van der Waals surface area contributed by atoms with E-state index in [0.29, 0.717) is 17.1 Å². The molecule has 5 nitrogen and oxygen atoms in total. The molecule has 3 aliphatic rings. The number of hydrogen-bond donors (Lipinski definition) is 1. The van der Waals surface area contributed by atoms with E-state index in [1.807, 2.05) is 0 Å². The minimum atomic E-state index is -0.522. The number of thioether (sulfide) groups is 1. The van der Waals surface area contributed by atoms with Crippen molar-refractivity contribution in [1.29, 1.82) is 0 Å². The first-order valence-corrected chi connectivity index (χ1v) is 11.1. The Kier molecular flexibility index (Phi) is 5.71. The van der Waals surface area contributed by atoms with Crippen molar-refractivity contribution >= 4 is 29.5 Å². The molecule has 26 heavy (non-hydrogen) atoms. The van der Waals surface area contributed by atoms with Crippen LogP contribution < -0.4 is 5.32 Å². The third kappa shape index (κ3) is 3.80. The molecule has 0 radical (unpaired) electrons. The van der Waals surface area contributed by atoms with Crippen LogP contribution in [0.1, 0.15) is 65.7 Å². The van der Waals surface area contributed by atoms with Gasteiger partial charge in [-0.05, 0) is 49.2 Å². The molecular weight excluding hydrogens is 348 g/mol. The number of carbonyl (C=O) groups is 3. The van der Waals surface area contributed by atoms with E-state index < -0.39 is 5.41 Å². The van der Waals surface area contributed by atoms with Gasteiger partial charge in [-0.3, -0.25) is 19.3 Å². The van der Waals surface area contributed by atoms with Gasteiger partial charge in [0, 0.05) is 18.2 Å². The van der Waals surface area contributed by atoms with Crippen molar-refractivity contribution in [3.8, 4) is 0 Å². The second-order valence-corrected chi connectivity index (χ2v) is 10.1. The second-order valence-electron chi connectivity index (χ2n) is 9.00. The van der Waals surface area contributed by atoms with Gasteiger partial charge in [0.2, 0.25) is 17.7 Å². The Morgan fingerprint density at radius 1 is 1.27 bits per heavy atom. The first-order valence-electron chi connectivity index (χ1n) is 9.99. The molecule has 1 saturated carbocycles. The monoisotopic (exact) mass is 380 g/mol. The maximum Gasteiger partial charge on any atom is 0.240 e. The summed E-state index contributed by atoms with van der Waals surface area (Å²) in [6.45, 7) is 6.80. The molecule has 1 N–H and O–H groups in total. The molecule has 146 valence electrons. The van der Waals surface area contributed by atoms with Gasteiger partial charge in [0.15, 0.2) is 0 Å². The maximum atomic E-state index is 12.7. The van der Waals surface area contributed by atoms with Crippen molar-refractivity contribution in [2.75, 3.05) is 18.1 Å². The van der Waals surface area contributed by atoms with Gasteiger partial charge in [0.25, 0.3) is 0 Å². The first-order chi connectivity index (χ1) is 12.3. The van der Waals surface area contributed by atoms with Crippen molar-refractivity contribution in [3.63, 3.8) is 0 Å². The first kappa shape index (κ1) is 19.7. The molecule has 3 fully saturated rings. The van der Waals surface area contributed by atoms with E-state index in [1.165, 1.54) is 11.3 Å². The van der Waals surface area contributed by atoms with Crippen LogP contribution in [0, 0.1) is 16.7 Å². The summed E-state index contributed by atoms with van der Waals surface area (Å²) in [5, 5.41) is 3.07. The summed E-state index contributed by atoms with van der Waals surface area (Å²) >= 11 is 1.73. The zero-order chi connectivity index (χ0) is 18.9. The molecule has 3 rings (SSSR count). The van der Waals surface area contributed by atoms with Gasteiger partial charge in [-0.15, -0.1) is 0 Å². The van der Waals surface area contributed by atoms with Crippen LogP contribution >= 0.6 is 11.8 Å². The van der Waals surface area contributed by atoms with E-state index in [4.69, 9.17) is 0 Å². The fraction of sp³-hybridized carbons (Fsp3) is 0.850. The van der Waals surface area contributed by atoms with Gasteiger partial charge < -0.3 is 5.32 Å². The average molecular weight is 381 g/mol. The van der Waals surface area contributed by atoms with E-state index in [-0.39, 0.29) is 36.7 Å². The highest BCUT2D eigenvalue weighted by atomic mass is 32.2. The Morgan fingerprint density at radius 2 is 1.96 bits per heavy atom. The van der Waals surface area contributed by atoms with Gasteiger partial charge in [-0.2, -0.15) is 11.8 Å². The number of likely N-dealkylation sites (tertiary alicyclic amines) is 1. The number of amides is 3. The van der Waals surface area contributed by atoms with Crippen LogP contribution in [-0.4, -0.2) is 46.7 Å². The Morgan fingerprint density at radius 3 is 2.54 bits per heavy atom. The van der Waals surface area contributed by atoms with Crippen LogP contribution in [0.4, 0.5) is 0 Å². The summed E-state index contributed by atoms with van der Waals surface area (Å²) in [6.07, 6.45) is 6.46. The molecule has 3 amide bonds. The van der Waals surface area contributed by atoms with Gasteiger partial charge >= 0.3 is 0 Å². The molecule has 2 saturated heterocycles. The predicted octanol–water partition coefficient (Wildman–Crippen LogP) is 2.98. The van der Waals surface area contributed by atoms with E-state index >= 15 is 0 Å². The topological polar surface area (TPSA) is 66.5 Å². The zero-order valence-corrected chi connectivity index (χ0v) is 17.1. The van der Waals surface area contributed by atoms with Crippen molar-refractivity contribution in [2.24, 2.45) is 16.7 Å². The summed E-state index contributed by atoms with van der Waals surface area (Å²) in [5.74, 6) is 1.86. The summed E-state index contributed by atoms with van der Waals surface area (Å²) in [4.78, 5) is 38.6. The quantitative estimate of drug-likeness (QED) is 0.745. The van der Waals surface area contributed by atoms with E-state index in [9.17, 15) is 14.4 Å². The number of nitrogens with zero attached hydrogens (tertiary/aromatic N) is 1. The van der Waals surface area contributed by atoms with Gasteiger partial charge in [0.05, 0.1) is 5.41 Å². The third-order valence-corrected chi connectivity index (χ3v) is 8.25. The molecule has 1 atom stereocenters. The molecule has 0 bridgehead atoms. The van der Waals surface area contributed by atoms with Crippen LogP contribution in [-0.2, 0) is 14.4 Å². The minimum absolute atomic E-state index is 0.107. The lowest BCUT2D eigenvalue weighted by Crippen LogP contribution is -2.46. The summed E-state index contributed by atoms with van der Waals surface area (Å²) in [7, 11) is 0. The van der Waals surface area contributed by atoms with Crippen LogP contribution in [0.15, 0.2) is 0 Å². The van der Waals surface area contributed by atoms with Crippen molar-refractivity contribution in [2.45, 2.75) is 71.8 Å². The van der Waals surface area contributed by atoms with Crippen molar-refractivity contribution in [3.05, 3.63) is 0 Å². The standard InChI is InChI=1S/C20H32N2O3S/c1-4-19(2,3)14-5-7-15(8-6-14)21-16(23)12-22-17(24)11-20(18(22)25)9-10-26-13-20/h14-15H,4-13H2,1-3H3,(H,21,23)/t14?,15?,20-/m0/s1. The number of imide groups is 1. The lowest BCUT2D eigenvalue weighted by atomic mass is 9.69. The fourth-order valence-electron chi connectivity index (χ4n) is 4.66. The Labute approximate surface area is 161 Å². The van der Waals surface area contributed by atoms with Gasteiger partial charge in [-0.1, -0.05) is 27.2 Å². The second kappa shape index (κ2) is 7.53. The molecule has 2 aliphatic heterocycles.